The summed E-state index contributed by atoms with van der Waals surface area (Å²) in [6, 6.07) is 16.6. The monoisotopic (exact) mass is 339 g/mol. The molecule has 1 N–H and O–H groups in total. The molecule has 25 heavy (non-hydrogen) atoms. The van der Waals surface area contributed by atoms with Crippen LogP contribution in [-0.4, -0.2) is 35.8 Å². The number of para-hydroxylation sites is 2. The lowest BCUT2D eigenvalue weighted by atomic mass is 10.0. The van der Waals surface area contributed by atoms with E-state index in [1.54, 1.807) is 0 Å². The van der Waals surface area contributed by atoms with Crippen molar-refractivity contribution < 1.29 is 14.6 Å². The summed E-state index contributed by atoms with van der Waals surface area (Å²) in [6.07, 6.45) is 2.53. The molecule has 0 aliphatic carbocycles. The number of piperidine rings is 1. The van der Waals surface area contributed by atoms with Crippen molar-refractivity contribution in [3.8, 4) is 11.5 Å². The lowest BCUT2D eigenvalue weighted by molar-refractivity contribution is 0.0792. The number of aliphatic hydroxyl groups excluding tert-OH is 1. The van der Waals surface area contributed by atoms with E-state index in [1.807, 2.05) is 24.3 Å². The quantitative estimate of drug-likeness (QED) is 0.929. The Hall–Kier alpha value is -2.04. The maximum absolute atomic E-state index is 9.62. The van der Waals surface area contributed by atoms with Crippen LogP contribution in [0.4, 0.5) is 0 Å². The molecule has 0 radical (unpaired) electrons. The third kappa shape index (κ3) is 3.97. The zero-order valence-electron chi connectivity index (χ0n) is 14.4. The van der Waals surface area contributed by atoms with Gasteiger partial charge in [0.2, 0.25) is 0 Å². The molecular formula is C21H25NO3. The lowest BCUT2D eigenvalue weighted by Crippen LogP contribution is -2.35. The minimum Gasteiger partial charge on any atom is -0.490 e. The van der Waals surface area contributed by atoms with Crippen molar-refractivity contribution >= 4 is 0 Å². The van der Waals surface area contributed by atoms with Gasteiger partial charge in [-0.2, -0.15) is 0 Å². The molecule has 4 rings (SSSR count). The summed E-state index contributed by atoms with van der Waals surface area (Å²) in [5.41, 5.74) is 2.50. The van der Waals surface area contributed by atoms with Crippen molar-refractivity contribution in [1.29, 1.82) is 0 Å². The number of hydrogen-bond donors (Lipinski definition) is 1. The maximum Gasteiger partial charge on any atom is 0.162 e. The van der Waals surface area contributed by atoms with E-state index < -0.39 is 0 Å². The molecule has 1 fully saturated rings. The van der Waals surface area contributed by atoms with E-state index in [0.717, 1.165) is 50.4 Å². The second-order valence-electron chi connectivity index (χ2n) is 6.94. The van der Waals surface area contributed by atoms with Gasteiger partial charge in [-0.3, -0.25) is 4.90 Å². The van der Waals surface area contributed by atoms with Gasteiger partial charge in [0, 0.05) is 26.1 Å². The molecule has 0 spiro atoms. The van der Waals surface area contributed by atoms with E-state index in [2.05, 4.69) is 29.2 Å². The second-order valence-corrected chi connectivity index (χ2v) is 6.94. The molecule has 4 nitrogen and oxygen atoms in total. The fourth-order valence-corrected chi connectivity index (χ4v) is 3.56. The minimum absolute atomic E-state index is 0.0304. The van der Waals surface area contributed by atoms with Gasteiger partial charge < -0.3 is 14.6 Å². The minimum atomic E-state index is -0.115. The first-order valence-corrected chi connectivity index (χ1v) is 9.16. The summed E-state index contributed by atoms with van der Waals surface area (Å²) in [7, 11) is 0. The molecule has 2 heterocycles. The number of fused-ring (bicyclic) bond motifs is 1. The Balaban J connectivity index is 1.42. The first-order valence-electron chi connectivity index (χ1n) is 9.16. The molecule has 0 aromatic heterocycles. The SMILES string of the molecule is OC1CCN(Cc2ccc(C3CCOc4ccccc4O3)cc2)CC1. The van der Waals surface area contributed by atoms with Crippen LogP contribution in [0.2, 0.25) is 0 Å². The van der Waals surface area contributed by atoms with Gasteiger partial charge in [-0.25, -0.2) is 0 Å². The molecule has 2 aliphatic rings. The zero-order chi connectivity index (χ0) is 17.1. The van der Waals surface area contributed by atoms with E-state index >= 15 is 0 Å². The highest BCUT2D eigenvalue weighted by Crippen LogP contribution is 2.35. The van der Waals surface area contributed by atoms with Gasteiger partial charge >= 0.3 is 0 Å². The maximum atomic E-state index is 9.62. The Labute approximate surface area is 149 Å². The molecule has 132 valence electrons. The molecule has 1 unspecified atom stereocenters. The number of aliphatic hydroxyl groups is 1. The van der Waals surface area contributed by atoms with Crippen LogP contribution in [0, 0.1) is 0 Å². The second kappa shape index (κ2) is 7.46. The van der Waals surface area contributed by atoms with E-state index in [9.17, 15) is 5.11 Å². The fraction of sp³-hybridized carbons (Fsp3) is 0.429. The highest BCUT2D eigenvalue weighted by atomic mass is 16.5. The van der Waals surface area contributed by atoms with Crippen LogP contribution < -0.4 is 9.47 Å². The van der Waals surface area contributed by atoms with E-state index in [1.165, 1.54) is 11.1 Å². The predicted molar refractivity (Wildman–Crippen MR) is 96.9 cm³/mol. The molecule has 0 bridgehead atoms. The molecule has 2 aliphatic heterocycles. The Morgan fingerprint density at radius 1 is 0.920 bits per heavy atom. The Morgan fingerprint density at radius 3 is 2.40 bits per heavy atom. The summed E-state index contributed by atoms with van der Waals surface area (Å²) in [6.45, 7) is 3.57. The molecule has 0 amide bonds. The van der Waals surface area contributed by atoms with Crippen molar-refractivity contribution in [2.75, 3.05) is 19.7 Å². The predicted octanol–water partition coefficient (Wildman–Crippen LogP) is 3.55. The topological polar surface area (TPSA) is 41.9 Å². The average Bonchev–Trinajstić information content (AvgIpc) is 2.87. The number of benzene rings is 2. The Bertz CT molecular complexity index is 693. The Kier molecular flexibility index (Phi) is 4.90. The van der Waals surface area contributed by atoms with Crippen molar-refractivity contribution in [2.45, 2.75) is 38.0 Å². The molecule has 2 aromatic carbocycles. The van der Waals surface area contributed by atoms with Crippen LogP contribution in [-0.2, 0) is 6.54 Å². The smallest absolute Gasteiger partial charge is 0.162 e. The van der Waals surface area contributed by atoms with Crippen LogP contribution >= 0.6 is 0 Å². The number of ether oxygens (including phenoxy) is 2. The van der Waals surface area contributed by atoms with Gasteiger partial charge in [0.25, 0.3) is 0 Å². The van der Waals surface area contributed by atoms with Crippen LogP contribution in [0.1, 0.15) is 36.5 Å². The van der Waals surface area contributed by atoms with Crippen LogP contribution in [0.15, 0.2) is 48.5 Å². The largest absolute Gasteiger partial charge is 0.490 e. The molecular weight excluding hydrogens is 314 g/mol. The first kappa shape index (κ1) is 16.4. The van der Waals surface area contributed by atoms with Gasteiger partial charge in [-0.15, -0.1) is 0 Å². The first-order chi connectivity index (χ1) is 12.3. The van der Waals surface area contributed by atoms with Crippen molar-refractivity contribution in [3.05, 3.63) is 59.7 Å². The van der Waals surface area contributed by atoms with Crippen molar-refractivity contribution in [3.63, 3.8) is 0 Å². The number of rotatable bonds is 3. The van der Waals surface area contributed by atoms with Crippen molar-refractivity contribution in [1.82, 2.24) is 4.90 Å². The molecule has 0 saturated carbocycles. The summed E-state index contributed by atoms with van der Waals surface area (Å²) in [5.74, 6) is 1.65. The van der Waals surface area contributed by atoms with E-state index in [0.29, 0.717) is 6.61 Å². The number of nitrogens with zero attached hydrogens (tertiary/aromatic N) is 1. The highest BCUT2D eigenvalue weighted by Gasteiger charge is 2.20. The van der Waals surface area contributed by atoms with Gasteiger partial charge in [-0.05, 0) is 36.1 Å². The average molecular weight is 339 g/mol. The van der Waals surface area contributed by atoms with Gasteiger partial charge in [0.1, 0.15) is 6.10 Å². The van der Waals surface area contributed by atoms with Gasteiger partial charge in [0.15, 0.2) is 11.5 Å². The van der Waals surface area contributed by atoms with Crippen LogP contribution in [0.3, 0.4) is 0 Å². The van der Waals surface area contributed by atoms with Gasteiger partial charge in [-0.1, -0.05) is 36.4 Å². The molecule has 4 heteroatoms. The number of likely N-dealkylation sites (tertiary alicyclic amines) is 1. The normalized spacial score (nSPS) is 21.7. The summed E-state index contributed by atoms with van der Waals surface area (Å²) < 4.78 is 12.0. The summed E-state index contributed by atoms with van der Waals surface area (Å²) >= 11 is 0. The lowest BCUT2D eigenvalue weighted by Gasteiger charge is -2.29. The Morgan fingerprint density at radius 2 is 1.64 bits per heavy atom. The number of hydrogen-bond acceptors (Lipinski definition) is 4. The van der Waals surface area contributed by atoms with Crippen LogP contribution in [0.25, 0.3) is 0 Å². The highest BCUT2D eigenvalue weighted by molar-refractivity contribution is 5.40. The van der Waals surface area contributed by atoms with Crippen LogP contribution in [0.5, 0.6) is 11.5 Å². The standard InChI is InChI=1S/C21H25NO3/c23-18-9-12-22(13-10-18)15-16-5-7-17(8-6-16)19-11-14-24-20-3-1-2-4-21(20)25-19/h1-8,18-19,23H,9-15H2. The molecule has 1 atom stereocenters. The summed E-state index contributed by atoms with van der Waals surface area (Å²) in [5, 5.41) is 9.62. The molecule has 2 aromatic rings. The van der Waals surface area contributed by atoms with E-state index in [4.69, 9.17) is 9.47 Å². The van der Waals surface area contributed by atoms with Gasteiger partial charge in [0.05, 0.1) is 12.7 Å². The zero-order valence-corrected chi connectivity index (χ0v) is 14.4. The fourth-order valence-electron chi connectivity index (χ4n) is 3.56. The molecule has 1 saturated heterocycles. The summed E-state index contributed by atoms with van der Waals surface area (Å²) in [4.78, 5) is 2.41. The third-order valence-corrected chi connectivity index (χ3v) is 5.07. The third-order valence-electron chi connectivity index (χ3n) is 5.07. The van der Waals surface area contributed by atoms with Crippen molar-refractivity contribution in [2.24, 2.45) is 0 Å². The van der Waals surface area contributed by atoms with E-state index in [-0.39, 0.29) is 12.2 Å².